The van der Waals surface area contributed by atoms with E-state index >= 15 is 0 Å². The molecule has 9 rings (SSSR count). The van der Waals surface area contributed by atoms with Crippen LogP contribution < -0.4 is 0 Å². The standard InChI is InChI=1S/C40H31N3S/c1-3-42-34-16-8-5-12-28(34)30-24-26(19-21-36(30)42)40(32-14-7-10-18-38(32)44-39-33(40)15-11-23-41-39)27-20-22-37-31(25-27)29-13-6-9-17-35(29)43(37)4-2/h5-25H,3-4H2,1-2H3. The number of nitrogens with zero attached hydrogens (tertiary/aromatic N) is 3. The molecule has 0 atom stereocenters. The third kappa shape index (κ3) is 3.32. The zero-order chi connectivity index (χ0) is 29.4. The highest BCUT2D eigenvalue weighted by Crippen LogP contribution is 2.56. The van der Waals surface area contributed by atoms with Gasteiger partial charge in [0.05, 0.1) is 5.41 Å². The van der Waals surface area contributed by atoms with Crippen molar-refractivity contribution in [2.45, 2.75) is 42.3 Å². The maximum absolute atomic E-state index is 4.98. The lowest BCUT2D eigenvalue weighted by Crippen LogP contribution is -2.34. The number of aromatic nitrogens is 3. The molecule has 3 aromatic heterocycles. The van der Waals surface area contributed by atoms with Crippen LogP contribution in [-0.2, 0) is 18.5 Å². The number of hydrogen-bond donors (Lipinski definition) is 0. The molecule has 0 aliphatic carbocycles. The summed E-state index contributed by atoms with van der Waals surface area (Å²) in [6.45, 7) is 6.33. The summed E-state index contributed by atoms with van der Waals surface area (Å²) >= 11 is 1.78. The maximum Gasteiger partial charge on any atom is 0.106 e. The van der Waals surface area contributed by atoms with Crippen LogP contribution in [-0.4, -0.2) is 14.1 Å². The summed E-state index contributed by atoms with van der Waals surface area (Å²) in [7, 11) is 0. The maximum atomic E-state index is 4.98. The van der Waals surface area contributed by atoms with Crippen molar-refractivity contribution in [3.63, 3.8) is 0 Å². The minimum Gasteiger partial charge on any atom is -0.341 e. The first-order valence-corrected chi connectivity index (χ1v) is 16.3. The molecule has 212 valence electrons. The highest BCUT2D eigenvalue weighted by molar-refractivity contribution is 7.99. The molecular formula is C40H31N3S. The molecule has 0 spiro atoms. The molecule has 8 aromatic rings. The van der Waals surface area contributed by atoms with Crippen LogP contribution in [0, 0.1) is 0 Å². The molecule has 0 saturated carbocycles. The second-order valence-corrected chi connectivity index (χ2v) is 12.7. The summed E-state index contributed by atoms with van der Waals surface area (Å²) in [5.74, 6) is 0. The van der Waals surface area contributed by atoms with Crippen LogP contribution in [0.1, 0.15) is 36.1 Å². The SMILES string of the molecule is CCn1c2ccccc2c2cc(C3(c4ccc5c(c4)c4ccccc4n5CC)c4ccccc4Sc4ncccc43)ccc21. The van der Waals surface area contributed by atoms with Crippen LogP contribution >= 0.6 is 11.8 Å². The van der Waals surface area contributed by atoms with E-state index in [-0.39, 0.29) is 0 Å². The fourth-order valence-corrected chi connectivity index (χ4v) is 9.05. The van der Waals surface area contributed by atoms with Gasteiger partial charge >= 0.3 is 0 Å². The fourth-order valence-electron chi connectivity index (χ4n) is 7.92. The van der Waals surface area contributed by atoms with E-state index in [9.17, 15) is 0 Å². The average Bonchev–Trinajstić information content (AvgIpc) is 3.58. The summed E-state index contributed by atoms with van der Waals surface area (Å²) in [5, 5.41) is 6.26. The second kappa shape index (κ2) is 9.60. The van der Waals surface area contributed by atoms with Gasteiger partial charge in [-0.2, -0.15) is 0 Å². The third-order valence-electron chi connectivity index (χ3n) is 9.72. The Morgan fingerprint density at radius 1 is 0.545 bits per heavy atom. The van der Waals surface area contributed by atoms with Crippen LogP contribution in [0.4, 0.5) is 0 Å². The van der Waals surface area contributed by atoms with E-state index in [0.717, 1.165) is 18.1 Å². The average molecular weight is 586 g/mol. The zero-order valence-electron chi connectivity index (χ0n) is 24.8. The summed E-state index contributed by atoms with van der Waals surface area (Å²) in [6, 6.07) is 45.3. The molecule has 4 heteroatoms. The summed E-state index contributed by atoms with van der Waals surface area (Å²) in [6.07, 6.45) is 1.93. The highest BCUT2D eigenvalue weighted by Gasteiger charge is 2.45. The number of fused-ring (bicyclic) bond motifs is 8. The molecule has 5 aromatic carbocycles. The quantitative estimate of drug-likeness (QED) is 0.205. The van der Waals surface area contributed by atoms with Crippen LogP contribution in [0.25, 0.3) is 43.6 Å². The molecule has 3 nitrogen and oxygen atoms in total. The van der Waals surface area contributed by atoms with E-state index in [1.807, 2.05) is 6.20 Å². The lowest BCUT2D eigenvalue weighted by atomic mass is 9.65. The van der Waals surface area contributed by atoms with E-state index in [2.05, 4.69) is 144 Å². The minimum atomic E-state index is -0.543. The molecule has 0 N–H and O–H groups in total. The van der Waals surface area contributed by atoms with Gasteiger partial charge < -0.3 is 9.13 Å². The largest absolute Gasteiger partial charge is 0.341 e. The number of rotatable bonds is 4. The predicted molar refractivity (Wildman–Crippen MR) is 184 cm³/mol. The molecule has 1 aliphatic heterocycles. The normalized spacial score (nSPS) is 14.0. The van der Waals surface area contributed by atoms with Crippen LogP contribution in [0.15, 0.2) is 137 Å². The smallest absolute Gasteiger partial charge is 0.106 e. The number of hydrogen-bond acceptors (Lipinski definition) is 2. The van der Waals surface area contributed by atoms with Gasteiger partial charge in [0.25, 0.3) is 0 Å². The Kier molecular flexibility index (Phi) is 5.60. The molecule has 0 fully saturated rings. The van der Waals surface area contributed by atoms with Crippen molar-refractivity contribution in [1.82, 2.24) is 14.1 Å². The minimum absolute atomic E-state index is 0.543. The van der Waals surface area contributed by atoms with Crippen LogP contribution in [0.3, 0.4) is 0 Å². The van der Waals surface area contributed by atoms with Gasteiger partial charge in [0.15, 0.2) is 0 Å². The number of aryl methyl sites for hydroxylation is 2. The van der Waals surface area contributed by atoms with Crippen LogP contribution in [0.5, 0.6) is 0 Å². The van der Waals surface area contributed by atoms with E-state index in [0.29, 0.717) is 0 Å². The van der Waals surface area contributed by atoms with Crippen molar-refractivity contribution in [3.8, 4) is 0 Å². The molecule has 0 saturated heterocycles. The molecule has 44 heavy (non-hydrogen) atoms. The molecule has 0 amide bonds. The van der Waals surface area contributed by atoms with Crippen molar-refractivity contribution in [1.29, 1.82) is 0 Å². The monoisotopic (exact) mass is 585 g/mol. The van der Waals surface area contributed by atoms with Crippen molar-refractivity contribution >= 4 is 55.4 Å². The van der Waals surface area contributed by atoms with E-state index in [1.165, 1.54) is 70.8 Å². The van der Waals surface area contributed by atoms with Crippen molar-refractivity contribution in [3.05, 3.63) is 150 Å². The first-order chi connectivity index (χ1) is 21.7. The Balaban J connectivity index is 1.45. The third-order valence-corrected chi connectivity index (χ3v) is 10.8. The Labute approximate surface area is 260 Å². The highest BCUT2D eigenvalue weighted by atomic mass is 32.2. The zero-order valence-corrected chi connectivity index (χ0v) is 25.6. The molecule has 0 bridgehead atoms. The van der Waals surface area contributed by atoms with Gasteiger partial charge in [-0.1, -0.05) is 84.6 Å². The van der Waals surface area contributed by atoms with Crippen molar-refractivity contribution in [2.75, 3.05) is 0 Å². The number of benzene rings is 5. The second-order valence-electron chi connectivity index (χ2n) is 11.7. The lowest BCUT2D eigenvalue weighted by molar-refractivity contribution is 0.691. The van der Waals surface area contributed by atoms with Gasteiger partial charge in [0.2, 0.25) is 0 Å². The Morgan fingerprint density at radius 3 is 1.68 bits per heavy atom. The number of pyridine rings is 1. The van der Waals surface area contributed by atoms with Gasteiger partial charge in [0.1, 0.15) is 5.03 Å². The predicted octanol–water partition coefficient (Wildman–Crippen LogP) is 10.2. The fraction of sp³-hybridized carbons (Fsp3) is 0.125. The Hall–Kier alpha value is -4.80. The van der Waals surface area contributed by atoms with Gasteiger partial charge in [-0.3, -0.25) is 0 Å². The van der Waals surface area contributed by atoms with Crippen molar-refractivity contribution in [2.24, 2.45) is 0 Å². The molecule has 4 heterocycles. The summed E-state index contributed by atoms with van der Waals surface area (Å²) in [5.41, 5.74) is 9.66. The van der Waals surface area contributed by atoms with E-state index in [1.54, 1.807) is 11.8 Å². The Bertz CT molecular complexity index is 2240. The van der Waals surface area contributed by atoms with Crippen LogP contribution in [0.2, 0.25) is 0 Å². The molecule has 1 aliphatic rings. The van der Waals surface area contributed by atoms with E-state index in [4.69, 9.17) is 4.98 Å². The van der Waals surface area contributed by atoms with Gasteiger partial charge in [-0.05, 0) is 79.1 Å². The van der Waals surface area contributed by atoms with E-state index < -0.39 is 5.41 Å². The summed E-state index contributed by atoms with van der Waals surface area (Å²) < 4.78 is 4.87. The van der Waals surface area contributed by atoms with Gasteiger partial charge in [-0.25, -0.2) is 4.98 Å². The first kappa shape index (κ1) is 25.7. The first-order valence-electron chi connectivity index (χ1n) is 15.5. The molecular weight excluding hydrogens is 555 g/mol. The molecule has 0 radical (unpaired) electrons. The van der Waals surface area contributed by atoms with Crippen molar-refractivity contribution < 1.29 is 0 Å². The molecule has 0 unspecified atom stereocenters. The Morgan fingerprint density at radius 2 is 1.07 bits per heavy atom. The lowest BCUT2D eigenvalue weighted by Gasteiger charge is -2.41. The van der Waals surface area contributed by atoms with Gasteiger partial charge in [-0.15, -0.1) is 0 Å². The summed E-state index contributed by atoms with van der Waals surface area (Å²) in [4.78, 5) is 6.23. The topological polar surface area (TPSA) is 22.8 Å². The number of para-hydroxylation sites is 2. The van der Waals surface area contributed by atoms with Gasteiger partial charge in [0, 0.05) is 73.4 Å².